The molecule has 3 aromatic rings. The van der Waals surface area contributed by atoms with E-state index in [-0.39, 0.29) is 30.2 Å². The van der Waals surface area contributed by atoms with Crippen LogP contribution < -0.4 is 0 Å². The SMILES string of the molecule is Cc1cnn(-c2cc(CN(C(=O)c3cn(C)cn3)C(C)C)ccc2F)c1.Cl. The normalized spacial score (nSPS) is 10.7. The number of benzene rings is 1. The predicted octanol–water partition coefficient (Wildman–Crippen LogP) is 3.53. The molecule has 2 heterocycles. The van der Waals surface area contributed by atoms with Gasteiger partial charge in [0.05, 0.1) is 12.5 Å². The van der Waals surface area contributed by atoms with Gasteiger partial charge in [-0.2, -0.15) is 5.10 Å². The van der Waals surface area contributed by atoms with Gasteiger partial charge in [-0.3, -0.25) is 4.79 Å². The van der Waals surface area contributed by atoms with Crippen molar-refractivity contribution < 1.29 is 9.18 Å². The Morgan fingerprint density at radius 3 is 2.59 bits per heavy atom. The lowest BCUT2D eigenvalue weighted by atomic mass is 10.1. The Bertz CT molecular complexity index is 934. The first kappa shape index (κ1) is 20.6. The Balaban J connectivity index is 0.00000261. The van der Waals surface area contributed by atoms with E-state index in [1.54, 1.807) is 46.5 Å². The van der Waals surface area contributed by atoms with E-state index in [0.717, 1.165) is 11.1 Å². The number of imidazole rings is 1. The Morgan fingerprint density at radius 2 is 2.04 bits per heavy atom. The molecule has 144 valence electrons. The monoisotopic (exact) mass is 391 g/mol. The molecule has 0 aliphatic carbocycles. The average molecular weight is 392 g/mol. The first-order valence-electron chi connectivity index (χ1n) is 8.44. The highest BCUT2D eigenvalue weighted by atomic mass is 35.5. The standard InChI is InChI=1S/C19H22FN5O.ClH/c1-13(2)24(19(26)17-11-23(4)12-21-17)10-15-5-6-16(20)18(7-15)25-9-14(3)8-22-25;/h5-9,11-13H,10H2,1-4H3;1H. The van der Waals surface area contributed by atoms with Gasteiger partial charge in [-0.05, 0) is 44.0 Å². The molecule has 3 rings (SSSR count). The summed E-state index contributed by atoms with van der Waals surface area (Å²) in [7, 11) is 1.82. The van der Waals surface area contributed by atoms with Crippen molar-refractivity contribution in [3.05, 3.63) is 65.8 Å². The van der Waals surface area contributed by atoms with Crippen LogP contribution in [0.15, 0.2) is 43.1 Å². The van der Waals surface area contributed by atoms with Crippen molar-refractivity contribution >= 4 is 18.3 Å². The van der Waals surface area contributed by atoms with E-state index in [1.807, 2.05) is 27.8 Å². The molecule has 1 amide bonds. The molecule has 0 radical (unpaired) electrons. The van der Waals surface area contributed by atoms with Crippen molar-refractivity contribution in [1.29, 1.82) is 0 Å². The van der Waals surface area contributed by atoms with E-state index in [2.05, 4.69) is 10.1 Å². The molecule has 0 atom stereocenters. The Morgan fingerprint density at radius 1 is 1.30 bits per heavy atom. The minimum absolute atomic E-state index is 0. The highest BCUT2D eigenvalue weighted by Gasteiger charge is 2.21. The molecule has 1 aromatic carbocycles. The van der Waals surface area contributed by atoms with Gasteiger partial charge in [-0.1, -0.05) is 6.07 Å². The van der Waals surface area contributed by atoms with Crippen LogP contribution in [0.5, 0.6) is 0 Å². The van der Waals surface area contributed by atoms with Crippen LogP contribution in [-0.4, -0.2) is 36.2 Å². The number of rotatable bonds is 5. The summed E-state index contributed by atoms with van der Waals surface area (Å²) in [6, 6.07) is 4.80. The second-order valence-electron chi connectivity index (χ2n) is 6.70. The lowest BCUT2D eigenvalue weighted by Gasteiger charge is -2.26. The highest BCUT2D eigenvalue weighted by Crippen LogP contribution is 2.19. The molecular weight excluding hydrogens is 369 g/mol. The van der Waals surface area contributed by atoms with Gasteiger partial charge in [-0.25, -0.2) is 14.1 Å². The van der Waals surface area contributed by atoms with Gasteiger partial charge in [0.25, 0.3) is 5.91 Å². The van der Waals surface area contributed by atoms with Crippen molar-refractivity contribution in [1.82, 2.24) is 24.2 Å². The van der Waals surface area contributed by atoms with E-state index < -0.39 is 0 Å². The highest BCUT2D eigenvalue weighted by molar-refractivity contribution is 5.92. The smallest absolute Gasteiger partial charge is 0.274 e. The van der Waals surface area contributed by atoms with E-state index in [4.69, 9.17) is 0 Å². The molecule has 0 N–H and O–H groups in total. The third-order valence-corrected chi connectivity index (χ3v) is 4.13. The van der Waals surface area contributed by atoms with Crippen LogP contribution in [0.4, 0.5) is 4.39 Å². The number of nitrogens with zero attached hydrogens (tertiary/aromatic N) is 5. The quantitative estimate of drug-likeness (QED) is 0.668. The summed E-state index contributed by atoms with van der Waals surface area (Å²) in [5.41, 5.74) is 2.53. The molecule has 0 aliphatic heterocycles. The third kappa shape index (κ3) is 4.54. The number of aryl methyl sites for hydroxylation is 2. The van der Waals surface area contributed by atoms with Gasteiger partial charge in [-0.15, -0.1) is 12.4 Å². The van der Waals surface area contributed by atoms with Crippen LogP contribution in [0.3, 0.4) is 0 Å². The summed E-state index contributed by atoms with van der Waals surface area (Å²) in [4.78, 5) is 18.6. The number of hydrogen-bond acceptors (Lipinski definition) is 3. The van der Waals surface area contributed by atoms with Crippen LogP contribution >= 0.6 is 12.4 Å². The maximum atomic E-state index is 14.2. The zero-order valence-corrected chi connectivity index (χ0v) is 16.6. The molecular formula is C19H23ClFN5O. The number of amides is 1. The number of halogens is 2. The summed E-state index contributed by atoms with van der Waals surface area (Å²) >= 11 is 0. The molecule has 0 aliphatic rings. The second kappa shape index (κ2) is 8.35. The zero-order valence-electron chi connectivity index (χ0n) is 15.8. The molecule has 0 saturated carbocycles. The van der Waals surface area contributed by atoms with Gasteiger partial charge < -0.3 is 9.47 Å². The molecule has 0 fully saturated rings. The molecule has 8 heteroatoms. The van der Waals surface area contributed by atoms with Crippen molar-refractivity contribution in [3.63, 3.8) is 0 Å². The minimum Gasteiger partial charge on any atom is -0.340 e. The van der Waals surface area contributed by atoms with E-state index >= 15 is 0 Å². The van der Waals surface area contributed by atoms with Crippen LogP contribution in [0.2, 0.25) is 0 Å². The van der Waals surface area contributed by atoms with Crippen LogP contribution in [0, 0.1) is 12.7 Å². The van der Waals surface area contributed by atoms with Crippen LogP contribution in [0.1, 0.15) is 35.5 Å². The van der Waals surface area contributed by atoms with Crippen LogP contribution in [-0.2, 0) is 13.6 Å². The lowest BCUT2D eigenvalue weighted by Crippen LogP contribution is -2.36. The summed E-state index contributed by atoms with van der Waals surface area (Å²) < 4.78 is 17.5. The van der Waals surface area contributed by atoms with Crippen molar-refractivity contribution in [3.8, 4) is 5.69 Å². The van der Waals surface area contributed by atoms with Crippen molar-refractivity contribution in [2.45, 2.75) is 33.4 Å². The number of hydrogen-bond donors (Lipinski definition) is 0. The Hall–Kier alpha value is -2.67. The lowest BCUT2D eigenvalue weighted by molar-refractivity contribution is 0.0684. The predicted molar refractivity (Wildman–Crippen MR) is 104 cm³/mol. The molecule has 0 saturated heterocycles. The van der Waals surface area contributed by atoms with Gasteiger partial charge in [0.15, 0.2) is 0 Å². The van der Waals surface area contributed by atoms with Crippen molar-refractivity contribution in [2.24, 2.45) is 7.05 Å². The molecule has 6 nitrogen and oxygen atoms in total. The average Bonchev–Trinajstić information content (AvgIpc) is 3.21. The maximum absolute atomic E-state index is 14.2. The summed E-state index contributed by atoms with van der Waals surface area (Å²) in [6.07, 6.45) is 6.74. The van der Waals surface area contributed by atoms with E-state index in [1.165, 1.54) is 10.7 Å². The molecule has 27 heavy (non-hydrogen) atoms. The first-order chi connectivity index (χ1) is 12.3. The fourth-order valence-electron chi connectivity index (χ4n) is 2.73. The molecule has 0 unspecified atom stereocenters. The second-order valence-corrected chi connectivity index (χ2v) is 6.70. The fraction of sp³-hybridized carbons (Fsp3) is 0.316. The first-order valence-corrected chi connectivity index (χ1v) is 8.44. The minimum atomic E-state index is -0.357. The summed E-state index contributed by atoms with van der Waals surface area (Å²) in [5.74, 6) is -0.509. The summed E-state index contributed by atoms with van der Waals surface area (Å²) in [6.45, 7) is 6.15. The van der Waals surface area contributed by atoms with Gasteiger partial charge in [0.2, 0.25) is 0 Å². The number of carbonyl (C=O) groups is 1. The molecule has 0 bridgehead atoms. The van der Waals surface area contributed by atoms with Gasteiger partial charge in [0, 0.05) is 32.0 Å². The largest absolute Gasteiger partial charge is 0.340 e. The van der Waals surface area contributed by atoms with Gasteiger partial charge >= 0.3 is 0 Å². The molecule has 0 spiro atoms. The molecule has 2 aromatic heterocycles. The number of aromatic nitrogens is 4. The van der Waals surface area contributed by atoms with Crippen molar-refractivity contribution in [2.75, 3.05) is 0 Å². The van der Waals surface area contributed by atoms with Gasteiger partial charge in [0.1, 0.15) is 17.2 Å². The zero-order chi connectivity index (χ0) is 18.8. The fourth-order valence-corrected chi connectivity index (χ4v) is 2.73. The number of carbonyl (C=O) groups excluding carboxylic acids is 1. The third-order valence-electron chi connectivity index (χ3n) is 4.13. The van der Waals surface area contributed by atoms with E-state index in [0.29, 0.717) is 17.9 Å². The van der Waals surface area contributed by atoms with Crippen LogP contribution in [0.25, 0.3) is 5.69 Å². The topological polar surface area (TPSA) is 56.0 Å². The Labute approximate surface area is 164 Å². The maximum Gasteiger partial charge on any atom is 0.274 e. The Kier molecular flexibility index (Phi) is 6.38. The summed E-state index contributed by atoms with van der Waals surface area (Å²) in [5, 5.41) is 4.17. The van der Waals surface area contributed by atoms with E-state index in [9.17, 15) is 9.18 Å².